The summed E-state index contributed by atoms with van der Waals surface area (Å²) in [7, 11) is 0. The van der Waals surface area contributed by atoms with E-state index >= 15 is 0 Å². The first-order valence-corrected chi connectivity index (χ1v) is 6.15. The maximum Gasteiger partial charge on any atom is 0.251 e. The van der Waals surface area contributed by atoms with Gasteiger partial charge in [-0.05, 0) is 13.3 Å². The van der Waals surface area contributed by atoms with Crippen molar-refractivity contribution in [1.82, 2.24) is 5.32 Å². The Bertz CT molecular complexity index is 205. The first kappa shape index (κ1) is 12.9. The van der Waals surface area contributed by atoms with E-state index in [1.54, 1.807) is 0 Å². The number of nitrogens with one attached hydrogen (secondary N) is 1. The van der Waals surface area contributed by atoms with Crippen LogP contribution in [0.15, 0.2) is 0 Å². The van der Waals surface area contributed by atoms with Gasteiger partial charge in [-0.2, -0.15) is 0 Å². The van der Waals surface area contributed by atoms with Crippen LogP contribution in [-0.4, -0.2) is 42.7 Å². The van der Waals surface area contributed by atoms with Crippen LogP contribution in [0.3, 0.4) is 0 Å². The Morgan fingerprint density at radius 1 is 1.53 bits per heavy atom. The molecule has 88 valence electrons. The first-order chi connectivity index (χ1) is 7.09. The summed E-state index contributed by atoms with van der Waals surface area (Å²) < 4.78 is 10.5. The number of amides is 1. The molecular weight excluding hydrogens is 262 g/mol. The Morgan fingerprint density at radius 3 is 2.80 bits per heavy atom. The topological polar surface area (TPSA) is 47.6 Å². The standard InChI is InChI=1S/C10H18BrNO3/c1-7(11)5-8(2)12-10(13)9-6-14-3-4-15-9/h7-9H,3-6H2,1-2H3,(H,12,13). The molecule has 4 nitrogen and oxygen atoms in total. The fourth-order valence-corrected chi connectivity index (χ4v) is 2.08. The molecule has 3 atom stereocenters. The van der Waals surface area contributed by atoms with Crippen molar-refractivity contribution in [3.63, 3.8) is 0 Å². The van der Waals surface area contributed by atoms with Crippen molar-refractivity contribution in [1.29, 1.82) is 0 Å². The van der Waals surface area contributed by atoms with Crippen molar-refractivity contribution in [2.45, 2.75) is 37.2 Å². The highest BCUT2D eigenvalue weighted by Gasteiger charge is 2.23. The van der Waals surface area contributed by atoms with E-state index in [0.29, 0.717) is 24.6 Å². The summed E-state index contributed by atoms with van der Waals surface area (Å²) in [6, 6.07) is 0.150. The van der Waals surface area contributed by atoms with E-state index in [0.717, 1.165) is 6.42 Å². The third-order valence-electron chi connectivity index (χ3n) is 2.18. The first-order valence-electron chi connectivity index (χ1n) is 5.23. The molecule has 0 radical (unpaired) electrons. The third kappa shape index (κ3) is 4.95. The number of carbonyl (C=O) groups is 1. The maximum atomic E-state index is 11.7. The summed E-state index contributed by atoms with van der Waals surface area (Å²) in [6.07, 6.45) is 0.464. The van der Waals surface area contributed by atoms with Gasteiger partial charge in [-0.3, -0.25) is 4.79 Å². The number of carbonyl (C=O) groups excluding carboxylic acids is 1. The van der Waals surface area contributed by atoms with Crippen LogP contribution < -0.4 is 5.32 Å². The van der Waals surface area contributed by atoms with Gasteiger partial charge in [-0.25, -0.2) is 0 Å². The monoisotopic (exact) mass is 279 g/mol. The second kappa shape index (κ2) is 6.45. The fourth-order valence-electron chi connectivity index (χ4n) is 1.52. The molecule has 0 aliphatic carbocycles. The molecule has 0 aromatic carbocycles. The van der Waals surface area contributed by atoms with Gasteiger partial charge in [0.05, 0.1) is 19.8 Å². The van der Waals surface area contributed by atoms with Crippen molar-refractivity contribution in [2.75, 3.05) is 19.8 Å². The van der Waals surface area contributed by atoms with Gasteiger partial charge in [0.1, 0.15) is 0 Å². The van der Waals surface area contributed by atoms with Gasteiger partial charge in [0.25, 0.3) is 5.91 Å². The molecule has 0 aromatic rings. The van der Waals surface area contributed by atoms with Gasteiger partial charge < -0.3 is 14.8 Å². The zero-order valence-electron chi connectivity index (χ0n) is 9.16. The molecule has 1 aliphatic heterocycles. The molecule has 0 aromatic heterocycles. The van der Waals surface area contributed by atoms with E-state index in [4.69, 9.17) is 9.47 Å². The van der Waals surface area contributed by atoms with Crippen molar-refractivity contribution < 1.29 is 14.3 Å². The van der Waals surface area contributed by atoms with E-state index in [1.165, 1.54) is 0 Å². The van der Waals surface area contributed by atoms with E-state index in [9.17, 15) is 4.79 Å². The SMILES string of the molecule is CC(Br)CC(C)NC(=O)C1COCCO1. The predicted octanol–water partition coefficient (Wildman–Crippen LogP) is 1.08. The van der Waals surface area contributed by atoms with Crippen LogP contribution in [0.5, 0.6) is 0 Å². The Balaban J connectivity index is 2.27. The average molecular weight is 280 g/mol. The maximum absolute atomic E-state index is 11.7. The van der Waals surface area contributed by atoms with Crippen LogP contribution >= 0.6 is 15.9 Å². The molecule has 0 bridgehead atoms. The van der Waals surface area contributed by atoms with Gasteiger partial charge >= 0.3 is 0 Å². The largest absolute Gasteiger partial charge is 0.376 e. The van der Waals surface area contributed by atoms with E-state index in [2.05, 4.69) is 28.2 Å². The van der Waals surface area contributed by atoms with Crippen LogP contribution in [0.1, 0.15) is 20.3 Å². The Labute approximate surface area is 98.8 Å². The van der Waals surface area contributed by atoms with Gasteiger partial charge in [-0.15, -0.1) is 0 Å². The second-order valence-electron chi connectivity index (χ2n) is 3.86. The summed E-state index contributed by atoms with van der Waals surface area (Å²) in [5, 5.41) is 2.91. The molecule has 0 spiro atoms. The zero-order chi connectivity index (χ0) is 11.3. The summed E-state index contributed by atoms with van der Waals surface area (Å²) in [6.45, 7) is 5.49. The van der Waals surface area contributed by atoms with Crippen molar-refractivity contribution >= 4 is 21.8 Å². The molecule has 3 unspecified atom stereocenters. The molecule has 1 heterocycles. The van der Waals surface area contributed by atoms with Gasteiger partial charge in [0.15, 0.2) is 6.10 Å². The highest BCUT2D eigenvalue weighted by atomic mass is 79.9. The summed E-state index contributed by atoms with van der Waals surface area (Å²) in [4.78, 5) is 12.1. The second-order valence-corrected chi connectivity index (χ2v) is 5.42. The minimum absolute atomic E-state index is 0.0737. The molecule has 1 rings (SSSR count). The normalized spacial score (nSPS) is 25.7. The molecular formula is C10H18BrNO3. The van der Waals surface area contributed by atoms with Crippen LogP contribution in [0.25, 0.3) is 0 Å². The van der Waals surface area contributed by atoms with E-state index < -0.39 is 6.10 Å². The lowest BCUT2D eigenvalue weighted by Crippen LogP contribution is -2.46. The number of halogens is 1. The zero-order valence-corrected chi connectivity index (χ0v) is 10.7. The smallest absolute Gasteiger partial charge is 0.251 e. The molecule has 5 heteroatoms. The summed E-state index contributed by atoms with van der Waals surface area (Å²) in [5.41, 5.74) is 0. The van der Waals surface area contributed by atoms with Crippen LogP contribution in [-0.2, 0) is 14.3 Å². The molecule has 1 saturated heterocycles. The predicted molar refractivity (Wildman–Crippen MR) is 61.2 cm³/mol. The molecule has 1 N–H and O–H groups in total. The molecule has 1 fully saturated rings. The van der Waals surface area contributed by atoms with Crippen molar-refractivity contribution in [2.24, 2.45) is 0 Å². The Morgan fingerprint density at radius 2 is 2.27 bits per heavy atom. The average Bonchev–Trinajstić information content (AvgIpc) is 2.17. The number of alkyl halides is 1. The number of hydrogen-bond acceptors (Lipinski definition) is 3. The number of ether oxygens (including phenoxy) is 2. The number of hydrogen-bond donors (Lipinski definition) is 1. The van der Waals surface area contributed by atoms with Gasteiger partial charge in [0, 0.05) is 10.9 Å². The van der Waals surface area contributed by atoms with Crippen LogP contribution in [0, 0.1) is 0 Å². The van der Waals surface area contributed by atoms with Crippen molar-refractivity contribution in [3.8, 4) is 0 Å². The van der Waals surface area contributed by atoms with E-state index in [1.807, 2.05) is 6.92 Å². The summed E-state index contributed by atoms with van der Waals surface area (Å²) >= 11 is 3.45. The lowest BCUT2D eigenvalue weighted by Gasteiger charge is -2.24. The Hall–Kier alpha value is -0.130. The van der Waals surface area contributed by atoms with Crippen LogP contribution in [0.4, 0.5) is 0 Å². The molecule has 15 heavy (non-hydrogen) atoms. The van der Waals surface area contributed by atoms with E-state index in [-0.39, 0.29) is 11.9 Å². The molecule has 0 saturated carbocycles. The fraction of sp³-hybridized carbons (Fsp3) is 0.900. The lowest BCUT2D eigenvalue weighted by molar-refractivity contribution is -0.148. The minimum atomic E-state index is -0.438. The lowest BCUT2D eigenvalue weighted by atomic mass is 10.2. The Kier molecular flexibility index (Phi) is 5.56. The highest BCUT2D eigenvalue weighted by molar-refractivity contribution is 9.09. The van der Waals surface area contributed by atoms with Gasteiger partial charge in [-0.1, -0.05) is 22.9 Å². The minimum Gasteiger partial charge on any atom is -0.376 e. The third-order valence-corrected chi connectivity index (χ3v) is 2.55. The highest BCUT2D eigenvalue weighted by Crippen LogP contribution is 2.07. The van der Waals surface area contributed by atoms with Crippen molar-refractivity contribution in [3.05, 3.63) is 0 Å². The number of rotatable bonds is 4. The molecule has 1 amide bonds. The van der Waals surface area contributed by atoms with Crippen LogP contribution in [0.2, 0.25) is 0 Å². The summed E-state index contributed by atoms with van der Waals surface area (Å²) in [5.74, 6) is -0.0737. The molecule has 1 aliphatic rings. The van der Waals surface area contributed by atoms with Gasteiger partial charge in [0.2, 0.25) is 0 Å². The quantitative estimate of drug-likeness (QED) is 0.784.